The number of nitrogens with zero attached hydrogens (tertiary/aromatic N) is 3. The molecule has 2 aromatic heterocycles. The number of aryl methyl sites for hydroxylation is 1. The van der Waals surface area contributed by atoms with Crippen molar-refractivity contribution in [3.05, 3.63) is 98.7 Å². The van der Waals surface area contributed by atoms with Crippen molar-refractivity contribution in [1.82, 2.24) is 20.1 Å². The lowest BCUT2D eigenvalue weighted by Crippen LogP contribution is -2.31. The number of benzene rings is 2. The number of hydrogen-bond donors (Lipinski definition) is 1. The van der Waals surface area contributed by atoms with Gasteiger partial charge in [0.25, 0.3) is 5.91 Å². The first-order valence-electron chi connectivity index (χ1n) is 9.06. The van der Waals surface area contributed by atoms with Crippen LogP contribution < -0.4 is 10.7 Å². The van der Waals surface area contributed by atoms with Crippen molar-refractivity contribution in [2.75, 3.05) is 0 Å². The zero-order chi connectivity index (χ0) is 20.2. The first-order valence-corrected chi connectivity index (χ1v) is 9.94. The van der Waals surface area contributed by atoms with Crippen LogP contribution in [0.1, 0.15) is 21.2 Å². The van der Waals surface area contributed by atoms with Crippen LogP contribution in [0.5, 0.6) is 0 Å². The third kappa shape index (κ3) is 4.14. The van der Waals surface area contributed by atoms with E-state index in [2.05, 4.69) is 15.4 Å². The number of carbonyl (C=O) groups is 1. The van der Waals surface area contributed by atoms with Crippen LogP contribution in [0.25, 0.3) is 16.9 Å². The summed E-state index contributed by atoms with van der Waals surface area (Å²) in [6.07, 6.45) is 0. The molecule has 4 aromatic rings. The van der Waals surface area contributed by atoms with Crippen LogP contribution in [-0.2, 0) is 6.54 Å². The van der Waals surface area contributed by atoms with E-state index in [-0.39, 0.29) is 12.2 Å². The minimum Gasteiger partial charge on any atom is -0.344 e. The van der Waals surface area contributed by atoms with Crippen LogP contribution >= 0.6 is 11.3 Å². The summed E-state index contributed by atoms with van der Waals surface area (Å²) in [6, 6.07) is 20.6. The average Bonchev–Trinajstić information content (AvgIpc) is 3.22. The van der Waals surface area contributed by atoms with Gasteiger partial charge in [0.1, 0.15) is 5.01 Å². The van der Waals surface area contributed by atoms with E-state index in [9.17, 15) is 9.59 Å². The zero-order valence-electron chi connectivity index (χ0n) is 15.7. The van der Waals surface area contributed by atoms with Crippen LogP contribution in [-0.4, -0.2) is 20.7 Å². The largest absolute Gasteiger partial charge is 0.344 e. The molecule has 0 fully saturated rings. The van der Waals surface area contributed by atoms with Crippen LogP contribution in [0.4, 0.5) is 0 Å². The Labute approximate surface area is 171 Å². The van der Waals surface area contributed by atoms with E-state index in [1.165, 1.54) is 17.4 Å². The van der Waals surface area contributed by atoms with Crippen molar-refractivity contribution < 1.29 is 4.79 Å². The predicted molar refractivity (Wildman–Crippen MR) is 113 cm³/mol. The Morgan fingerprint density at radius 3 is 2.48 bits per heavy atom. The highest BCUT2D eigenvalue weighted by atomic mass is 32.1. The van der Waals surface area contributed by atoms with Gasteiger partial charge in [-0.2, -0.15) is 5.10 Å². The van der Waals surface area contributed by atoms with Gasteiger partial charge in [0.2, 0.25) is 5.43 Å². The third-order valence-corrected chi connectivity index (χ3v) is 5.19. The molecule has 0 unspecified atom stereocenters. The number of para-hydroxylation sites is 1. The summed E-state index contributed by atoms with van der Waals surface area (Å²) in [5.74, 6) is -0.517. The highest BCUT2D eigenvalue weighted by Crippen LogP contribution is 2.21. The summed E-state index contributed by atoms with van der Waals surface area (Å²) in [7, 11) is 0. The van der Waals surface area contributed by atoms with Gasteiger partial charge < -0.3 is 5.32 Å². The molecular formula is C22H18N4O2S. The summed E-state index contributed by atoms with van der Waals surface area (Å²) in [5.41, 5.74) is 2.78. The van der Waals surface area contributed by atoms with Gasteiger partial charge in [-0.25, -0.2) is 9.67 Å². The first-order chi connectivity index (χ1) is 14.1. The molecule has 1 amide bonds. The van der Waals surface area contributed by atoms with E-state index >= 15 is 0 Å². The Hall–Kier alpha value is -3.58. The van der Waals surface area contributed by atoms with E-state index in [0.29, 0.717) is 5.69 Å². The summed E-state index contributed by atoms with van der Waals surface area (Å²) >= 11 is 1.46. The Kier molecular flexibility index (Phi) is 5.31. The Balaban J connectivity index is 1.52. The molecule has 6 nitrogen and oxygen atoms in total. The van der Waals surface area contributed by atoms with Gasteiger partial charge in [-0.15, -0.1) is 11.3 Å². The molecule has 144 valence electrons. The molecule has 0 saturated heterocycles. The fourth-order valence-corrected chi connectivity index (χ4v) is 3.65. The smallest absolute Gasteiger partial charge is 0.276 e. The minimum absolute atomic E-state index is 0.140. The van der Waals surface area contributed by atoms with Gasteiger partial charge in [-0.1, -0.05) is 48.5 Å². The van der Waals surface area contributed by atoms with E-state index in [1.54, 1.807) is 11.6 Å². The summed E-state index contributed by atoms with van der Waals surface area (Å²) in [4.78, 5) is 29.5. The lowest BCUT2D eigenvalue weighted by molar-refractivity contribution is 0.0943. The maximum absolute atomic E-state index is 12.6. The topological polar surface area (TPSA) is 76.9 Å². The molecular weight excluding hydrogens is 384 g/mol. The maximum Gasteiger partial charge on any atom is 0.276 e. The second kappa shape index (κ2) is 8.20. The monoisotopic (exact) mass is 402 g/mol. The fraction of sp³-hybridized carbons (Fsp3) is 0.0909. The van der Waals surface area contributed by atoms with Crippen molar-refractivity contribution in [2.24, 2.45) is 0 Å². The molecule has 0 radical (unpaired) electrons. The van der Waals surface area contributed by atoms with Gasteiger partial charge in [0.05, 0.1) is 17.9 Å². The number of thiazole rings is 1. The van der Waals surface area contributed by atoms with Gasteiger partial charge in [-0.05, 0) is 19.1 Å². The summed E-state index contributed by atoms with van der Waals surface area (Å²) in [5, 5.41) is 9.74. The Morgan fingerprint density at radius 2 is 1.76 bits per heavy atom. The minimum atomic E-state index is -0.517. The van der Waals surface area contributed by atoms with Crippen molar-refractivity contribution in [3.63, 3.8) is 0 Å². The third-order valence-electron chi connectivity index (χ3n) is 4.34. The number of carbonyl (C=O) groups excluding carboxylic acids is 1. The highest BCUT2D eigenvalue weighted by molar-refractivity contribution is 7.09. The maximum atomic E-state index is 12.6. The van der Waals surface area contributed by atoms with E-state index in [0.717, 1.165) is 22.0 Å². The fourth-order valence-electron chi connectivity index (χ4n) is 2.91. The van der Waals surface area contributed by atoms with Gasteiger partial charge in [0, 0.05) is 22.7 Å². The van der Waals surface area contributed by atoms with Crippen LogP contribution in [0.3, 0.4) is 0 Å². The molecule has 0 aliphatic rings. The number of aromatic nitrogens is 3. The SMILES string of the molecule is Cc1cc(=O)c(C(=O)NCc2nc(-c3ccccc3)cs2)nn1-c1ccccc1. The second-order valence-corrected chi connectivity index (χ2v) is 7.36. The Morgan fingerprint density at radius 1 is 1.07 bits per heavy atom. The average molecular weight is 402 g/mol. The van der Waals surface area contributed by atoms with Gasteiger partial charge in [0.15, 0.2) is 5.69 Å². The number of amides is 1. The van der Waals surface area contributed by atoms with Crippen molar-refractivity contribution in [1.29, 1.82) is 0 Å². The first kappa shape index (κ1) is 18.8. The zero-order valence-corrected chi connectivity index (χ0v) is 16.5. The van der Waals surface area contributed by atoms with Crippen LogP contribution in [0, 0.1) is 6.92 Å². The quantitative estimate of drug-likeness (QED) is 0.553. The van der Waals surface area contributed by atoms with Crippen molar-refractivity contribution >= 4 is 17.2 Å². The highest BCUT2D eigenvalue weighted by Gasteiger charge is 2.16. The van der Waals surface area contributed by atoms with E-state index < -0.39 is 11.3 Å². The van der Waals surface area contributed by atoms with Crippen molar-refractivity contribution in [3.8, 4) is 16.9 Å². The van der Waals surface area contributed by atoms with Crippen LogP contribution in [0.15, 0.2) is 76.9 Å². The molecule has 0 aliphatic carbocycles. The lowest BCUT2D eigenvalue weighted by atomic mass is 10.2. The van der Waals surface area contributed by atoms with Crippen LogP contribution in [0.2, 0.25) is 0 Å². The molecule has 7 heteroatoms. The predicted octanol–water partition coefficient (Wildman–Crippen LogP) is 3.59. The van der Waals surface area contributed by atoms with E-state index in [4.69, 9.17) is 0 Å². The molecule has 0 aliphatic heterocycles. The normalized spacial score (nSPS) is 10.7. The number of rotatable bonds is 5. The van der Waals surface area contributed by atoms with Crippen molar-refractivity contribution in [2.45, 2.75) is 13.5 Å². The lowest BCUT2D eigenvalue weighted by Gasteiger charge is -2.11. The molecule has 4 rings (SSSR count). The molecule has 1 N–H and O–H groups in total. The molecule has 2 heterocycles. The number of hydrogen-bond acceptors (Lipinski definition) is 5. The molecule has 0 bridgehead atoms. The second-order valence-electron chi connectivity index (χ2n) is 6.42. The summed E-state index contributed by atoms with van der Waals surface area (Å²) in [6.45, 7) is 2.01. The van der Waals surface area contributed by atoms with E-state index in [1.807, 2.05) is 66.0 Å². The molecule has 2 aromatic carbocycles. The molecule has 0 saturated carbocycles. The van der Waals surface area contributed by atoms with Gasteiger partial charge in [-0.3, -0.25) is 9.59 Å². The number of nitrogens with one attached hydrogen (secondary N) is 1. The molecule has 0 atom stereocenters. The standard InChI is InChI=1S/C22H18N4O2S/c1-15-12-19(27)21(25-26(15)17-10-6-3-7-11-17)22(28)23-13-20-24-18(14-29-20)16-8-4-2-5-9-16/h2-12,14H,13H2,1H3,(H,23,28). The molecule has 29 heavy (non-hydrogen) atoms. The molecule has 0 spiro atoms. The Bertz CT molecular complexity index is 1200. The van der Waals surface area contributed by atoms with Gasteiger partial charge >= 0.3 is 0 Å². The summed E-state index contributed by atoms with van der Waals surface area (Å²) < 4.78 is 1.59.